The number of phenols is 1. The highest BCUT2D eigenvalue weighted by Gasteiger charge is 2.15. The molecule has 0 spiro atoms. The van der Waals surface area contributed by atoms with Crippen LogP contribution in [0.4, 0.5) is 0 Å². The van der Waals surface area contributed by atoms with Gasteiger partial charge in [-0.1, -0.05) is 35.9 Å². The van der Waals surface area contributed by atoms with Gasteiger partial charge in [0.2, 0.25) is 0 Å². The Morgan fingerprint density at radius 3 is 2.69 bits per heavy atom. The van der Waals surface area contributed by atoms with E-state index in [2.05, 4.69) is 15.3 Å². The number of nitrogens with zero attached hydrogens (tertiary/aromatic N) is 3. The third kappa shape index (κ3) is 3.93. The molecule has 2 aromatic heterocycles. The first kappa shape index (κ1) is 19.0. The molecule has 1 amide bonds. The molecule has 0 saturated carbocycles. The molecule has 0 radical (unpaired) electrons. The standard InChI is InChI=1S/C22H19ClN4O2/c1-27-20(17-4-2-3-5-18(17)23)26-19-12-15(13-25-21(19)27)22(29)24-11-10-14-6-8-16(28)9-7-14/h2-9,12-13,28H,10-11H2,1H3,(H,24,29). The Labute approximate surface area is 172 Å². The molecule has 2 N–H and O–H groups in total. The van der Waals surface area contributed by atoms with Crippen LogP contribution in [0, 0.1) is 0 Å². The number of benzene rings is 2. The van der Waals surface area contributed by atoms with Crippen LogP contribution in [0.5, 0.6) is 5.75 Å². The van der Waals surface area contributed by atoms with E-state index in [0.29, 0.717) is 40.5 Å². The number of aromatic nitrogens is 3. The fourth-order valence-electron chi connectivity index (χ4n) is 3.17. The third-order valence-electron chi connectivity index (χ3n) is 4.72. The fourth-order valence-corrected chi connectivity index (χ4v) is 3.39. The van der Waals surface area contributed by atoms with Crippen LogP contribution in [0.3, 0.4) is 0 Å². The summed E-state index contributed by atoms with van der Waals surface area (Å²) in [5.41, 5.74) is 3.61. The van der Waals surface area contributed by atoms with Gasteiger partial charge in [0.25, 0.3) is 5.91 Å². The number of aromatic hydroxyl groups is 1. The Balaban J connectivity index is 1.52. The van der Waals surface area contributed by atoms with Gasteiger partial charge < -0.3 is 15.0 Å². The van der Waals surface area contributed by atoms with Crippen molar-refractivity contribution in [1.29, 1.82) is 0 Å². The minimum atomic E-state index is -0.205. The summed E-state index contributed by atoms with van der Waals surface area (Å²) in [5, 5.41) is 12.8. The number of pyridine rings is 1. The number of carbonyl (C=O) groups excluding carboxylic acids is 1. The summed E-state index contributed by atoms with van der Waals surface area (Å²) in [7, 11) is 1.87. The van der Waals surface area contributed by atoms with Crippen molar-refractivity contribution in [1.82, 2.24) is 19.9 Å². The van der Waals surface area contributed by atoms with E-state index in [9.17, 15) is 9.90 Å². The fraction of sp³-hybridized carbons (Fsp3) is 0.136. The van der Waals surface area contributed by atoms with Gasteiger partial charge >= 0.3 is 0 Å². The number of aryl methyl sites for hydroxylation is 1. The summed E-state index contributed by atoms with van der Waals surface area (Å²) >= 11 is 6.30. The van der Waals surface area contributed by atoms with Gasteiger partial charge in [-0.15, -0.1) is 0 Å². The lowest BCUT2D eigenvalue weighted by Gasteiger charge is -2.06. The number of hydrogen-bond acceptors (Lipinski definition) is 4. The van der Waals surface area contributed by atoms with Crippen LogP contribution >= 0.6 is 11.6 Å². The number of halogens is 1. The molecule has 7 heteroatoms. The van der Waals surface area contributed by atoms with Crippen molar-refractivity contribution in [2.75, 3.05) is 6.54 Å². The van der Waals surface area contributed by atoms with Crippen LogP contribution in [0.25, 0.3) is 22.6 Å². The Hall–Kier alpha value is -3.38. The monoisotopic (exact) mass is 406 g/mol. The number of fused-ring (bicyclic) bond motifs is 1. The van der Waals surface area contributed by atoms with Crippen LogP contribution in [0.15, 0.2) is 60.8 Å². The predicted octanol–water partition coefficient (Wildman–Crippen LogP) is 3.97. The number of hydrogen-bond donors (Lipinski definition) is 2. The largest absolute Gasteiger partial charge is 0.508 e. The molecule has 0 aliphatic heterocycles. The van der Waals surface area contributed by atoms with Crippen molar-refractivity contribution in [2.24, 2.45) is 7.05 Å². The van der Waals surface area contributed by atoms with Gasteiger partial charge in [0.05, 0.1) is 10.6 Å². The first-order chi connectivity index (χ1) is 14.0. The van der Waals surface area contributed by atoms with E-state index < -0.39 is 0 Å². The quantitative estimate of drug-likeness (QED) is 0.525. The third-order valence-corrected chi connectivity index (χ3v) is 5.05. The summed E-state index contributed by atoms with van der Waals surface area (Å²) in [6, 6.07) is 16.2. The van der Waals surface area contributed by atoms with Crippen LogP contribution in [-0.4, -0.2) is 32.1 Å². The second kappa shape index (κ2) is 7.93. The van der Waals surface area contributed by atoms with Crippen molar-refractivity contribution in [2.45, 2.75) is 6.42 Å². The highest BCUT2D eigenvalue weighted by atomic mass is 35.5. The maximum absolute atomic E-state index is 12.5. The molecule has 0 aliphatic rings. The summed E-state index contributed by atoms with van der Waals surface area (Å²) in [6.45, 7) is 0.481. The van der Waals surface area contributed by atoms with Crippen LogP contribution in [0.2, 0.25) is 5.02 Å². The lowest BCUT2D eigenvalue weighted by Crippen LogP contribution is -2.25. The second-order valence-corrected chi connectivity index (χ2v) is 7.12. The van der Waals surface area contributed by atoms with Gasteiger partial charge in [-0.25, -0.2) is 9.97 Å². The van der Waals surface area contributed by atoms with Crippen LogP contribution < -0.4 is 5.32 Å². The molecular formula is C22H19ClN4O2. The zero-order valence-corrected chi connectivity index (χ0v) is 16.5. The van der Waals surface area contributed by atoms with E-state index in [-0.39, 0.29) is 11.7 Å². The van der Waals surface area contributed by atoms with E-state index in [1.165, 1.54) is 0 Å². The maximum Gasteiger partial charge on any atom is 0.252 e. The highest BCUT2D eigenvalue weighted by Crippen LogP contribution is 2.28. The predicted molar refractivity (Wildman–Crippen MR) is 113 cm³/mol. The molecule has 0 unspecified atom stereocenters. The lowest BCUT2D eigenvalue weighted by molar-refractivity contribution is 0.0954. The molecule has 0 fully saturated rings. The van der Waals surface area contributed by atoms with E-state index in [4.69, 9.17) is 11.6 Å². The van der Waals surface area contributed by atoms with Gasteiger partial charge in [-0.3, -0.25) is 4.79 Å². The van der Waals surface area contributed by atoms with Gasteiger partial charge in [0, 0.05) is 25.4 Å². The maximum atomic E-state index is 12.5. The Kier molecular flexibility index (Phi) is 5.18. The van der Waals surface area contributed by atoms with Crippen molar-refractivity contribution < 1.29 is 9.90 Å². The first-order valence-electron chi connectivity index (χ1n) is 9.16. The molecule has 2 heterocycles. The summed E-state index contributed by atoms with van der Waals surface area (Å²) in [4.78, 5) is 21.6. The summed E-state index contributed by atoms with van der Waals surface area (Å²) < 4.78 is 1.86. The van der Waals surface area contributed by atoms with Gasteiger partial charge in [0.15, 0.2) is 5.65 Å². The normalized spacial score (nSPS) is 11.0. The topological polar surface area (TPSA) is 80.0 Å². The van der Waals surface area contributed by atoms with E-state index in [1.807, 2.05) is 48.0 Å². The number of nitrogens with one attached hydrogen (secondary N) is 1. The number of rotatable bonds is 5. The lowest BCUT2D eigenvalue weighted by atomic mass is 10.1. The summed E-state index contributed by atoms with van der Waals surface area (Å²) in [5.74, 6) is 0.717. The summed E-state index contributed by atoms with van der Waals surface area (Å²) in [6.07, 6.45) is 2.22. The highest BCUT2D eigenvalue weighted by molar-refractivity contribution is 6.33. The van der Waals surface area contributed by atoms with E-state index >= 15 is 0 Å². The van der Waals surface area contributed by atoms with E-state index in [0.717, 1.165) is 11.1 Å². The van der Waals surface area contributed by atoms with Crippen molar-refractivity contribution in [3.05, 3.63) is 76.9 Å². The molecule has 6 nitrogen and oxygen atoms in total. The number of phenolic OH excluding ortho intramolecular Hbond substituents is 1. The zero-order valence-electron chi connectivity index (χ0n) is 15.8. The molecule has 0 bridgehead atoms. The Bertz CT molecular complexity index is 1190. The Morgan fingerprint density at radius 2 is 1.93 bits per heavy atom. The van der Waals surface area contributed by atoms with Crippen LogP contribution in [-0.2, 0) is 13.5 Å². The average Bonchev–Trinajstić information content (AvgIpc) is 3.05. The van der Waals surface area contributed by atoms with Crippen molar-refractivity contribution in [3.8, 4) is 17.1 Å². The first-order valence-corrected chi connectivity index (χ1v) is 9.54. The average molecular weight is 407 g/mol. The molecular weight excluding hydrogens is 388 g/mol. The van der Waals surface area contributed by atoms with Crippen LogP contribution in [0.1, 0.15) is 15.9 Å². The molecule has 4 rings (SSSR count). The van der Waals surface area contributed by atoms with Gasteiger partial charge in [-0.05, 0) is 42.3 Å². The van der Waals surface area contributed by atoms with Crippen molar-refractivity contribution in [3.63, 3.8) is 0 Å². The molecule has 4 aromatic rings. The minimum absolute atomic E-state index is 0.205. The van der Waals surface area contributed by atoms with Crippen molar-refractivity contribution >= 4 is 28.7 Å². The second-order valence-electron chi connectivity index (χ2n) is 6.71. The smallest absolute Gasteiger partial charge is 0.252 e. The molecule has 146 valence electrons. The van der Waals surface area contributed by atoms with Gasteiger partial charge in [0.1, 0.15) is 17.1 Å². The molecule has 0 atom stereocenters. The van der Waals surface area contributed by atoms with Gasteiger partial charge in [-0.2, -0.15) is 0 Å². The number of imidazole rings is 1. The van der Waals surface area contributed by atoms with E-state index in [1.54, 1.807) is 24.4 Å². The molecule has 29 heavy (non-hydrogen) atoms. The molecule has 0 saturated heterocycles. The SMILES string of the molecule is Cn1c(-c2ccccc2Cl)nc2cc(C(=O)NCCc3ccc(O)cc3)cnc21. The molecule has 2 aromatic carbocycles. The Morgan fingerprint density at radius 1 is 1.17 bits per heavy atom. The number of amides is 1. The molecule has 0 aliphatic carbocycles. The zero-order chi connectivity index (χ0) is 20.4. The number of carbonyl (C=O) groups is 1. The minimum Gasteiger partial charge on any atom is -0.508 e.